The molecule has 0 N–H and O–H groups in total. The molecule has 0 bridgehead atoms. The highest BCUT2D eigenvalue weighted by atomic mass is 19.3. The number of hydrogen-bond donors (Lipinski definition) is 0. The molecule has 38 heavy (non-hydrogen) atoms. The Kier molecular flexibility index (Phi) is 8.54. The van der Waals surface area contributed by atoms with E-state index in [0.717, 1.165) is 27.8 Å². The van der Waals surface area contributed by atoms with E-state index in [1.807, 2.05) is 43.5 Å². The maximum atomic E-state index is 12.6. The van der Waals surface area contributed by atoms with Gasteiger partial charge in [-0.3, -0.25) is 4.79 Å². The van der Waals surface area contributed by atoms with Crippen molar-refractivity contribution in [1.29, 1.82) is 0 Å². The summed E-state index contributed by atoms with van der Waals surface area (Å²) in [5.41, 5.74) is 4.80. The number of aryl methyl sites for hydroxylation is 1. The lowest BCUT2D eigenvalue weighted by molar-refractivity contribution is -0.143. The van der Waals surface area contributed by atoms with Crippen LogP contribution in [0.2, 0.25) is 0 Å². The molecule has 0 amide bonds. The van der Waals surface area contributed by atoms with Crippen molar-refractivity contribution in [1.82, 2.24) is 14.6 Å². The van der Waals surface area contributed by atoms with Crippen LogP contribution in [-0.4, -0.2) is 33.8 Å². The first-order valence-corrected chi connectivity index (χ1v) is 12.1. The standard InChI is InChI=1S/C29H27F2N3O4/c1-4-6-21(15-27(35)36-5-2)20-7-9-24(10-8-20)37-17-23-14-22(16-34-28(23)32-18-33-34)26-12-11-25(13-19(26)3)38-29(30)31/h7-14,16,18,21,29H,5,15,17H2,1-3H3. The number of pyridine rings is 1. The van der Waals surface area contributed by atoms with E-state index in [0.29, 0.717) is 18.0 Å². The molecule has 0 spiro atoms. The van der Waals surface area contributed by atoms with Crippen LogP contribution < -0.4 is 9.47 Å². The quantitative estimate of drug-likeness (QED) is 0.191. The van der Waals surface area contributed by atoms with Crippen molar-refractivity contribution in [2.45, 2.75) is 46.3 Å². The Morgan fingerprint density at radius 1 is 1.11 bits per heavy atom. The van der Waals surface area contributed by atoms with Gasteiger partial charge in [-0.2, -0.15) is 13.9 Å². The lowest BCUT2D eigenvalue weighted by Crippen LogP contribution is -2.09. The average Bonchev–Trinajstić information content (AvgIpc) is 3.36. The van der Waals surface area contributed by atoms with Gasteiger partial charge in [-0.15, -0.1) is 5.92 Å². The van der Waals surface area contributed by atoms with Gasteiger partial charge in [0.15, 0.2) is 5.65 Å². The highest BCUT2D eigenvalue weighted by Gasteiger charge is 2.16. The van der Waals surface area contributed by atoms with Gasteiger partial charge in [-0.25, -0.2) is 9.50 Å². The zero-order chi connectivity index (χ0) is 27.1. The van der Waals surface area contributed by atoms with Crippen molar-refractivity contribution in [3.8, 4) is 34.5 Å². The zero-order valence-corrected chi connectivity index (χ0v) is 21.3. The molecule has 0 aliphatic heterocycles. The third kappa shape index (κ3) is 6.45. The fourth-order valence-corrected chi connectivity index (χ4v) is 4.16. The normalized spacial score (nSPS) is 11.6. The summed E-state index contributed by atoms with van der Waals surface area (Å²) in [6.45, 7) is 3.01. The van der Waals surface area contributed by atoms with Gasteiger partial charge in [0.1, 0.15) is 24.4 Å². The van der Waals surface area contributed by atoms with Crippen LogP contribution in [0.4, 0.5) is 8.78 Å². The minimum Gasteiger partial charge on any atom is -0.489 e. The number of esters is 1. The van der Waals surface area contributed by atoms with Crippen LogP contribution in [0.5, 0.6) is 11.5 Å². The highest BCUT2D eigenvalue weighted by molar-refractivity contribution is 5.71. The Morgan fingerprint density at radius 3 is 2.55 bits per heavy atom. The summed E-state index contributed by atoms with van der Waals surface area (Å²) >= 11 is 0. The highest BCUT2D eigenvalue weighted by Crippen LogP contribution is 2.30. The molecule has 2 heterocycles. The van der Waals surface area contributed by atoms with E-state index in [1.165, 1.54) is 12.4 Å². The van der Waals surface area contributed by atoms with E-state index in [4.69, 9.17) is 9.47 Å². The molecule has 1 unspecified atom stereocenters. The van der Waals surface area contributed by atoms with Crippen molar-refractivity contribution in [2.24, 2.45) is 0 Å². The molecule has 0 saturated heterocycles. The maximum absolute atomic E-state index is 12.6. The molecule has 0 aliphatic carbocycles. The molecular formula is C29H27F2N3O4. The monoisotopic (exact) mass is 519 g/mol. The van der Waals surface area contributed by atoms with E-state index < -0.39 is 6.61 Å². The number of hydrogen-bond acceptors (Lipinski definition) is 6. The molecule has 0 fully saturated rings. The molecule has 2 aromatic carbocycles. The second-order valence-corrected chi connectivity index (χ2v) is 8.45. The van der Waals surface area contributed by atoms with Crippen LogP contribution in [0.3, 0.4) is 0 Å². The number of carbonyl (C=O) groups excluding carboxylic acids is 1. The summed E-state index contributed by atoms with van der Waals surface area (Å²) in [6.07, 6.45) is 3.47. The summed E-state index contributed by atoms with van der Waals surface area (Å²) in [4.78, 5) is 16.3. The van der Waals surface area contributed by atoms with Gasteiger partial charge in [-0.1, -0.05) is 24.1 Å². The van der Waals surface area contributed by atoms with E-state index in [2.05, 4.69) is 26.7 Å². The Morgan fingerprint density at radius 2 is 1.87 bits per heavy atom. The Balaban J connectivity index is 1.53. The number of rotatable bonds is 10. The third-order valence-electron chi connectivity index (χ3n) is 5.86. The number of nitrogens with zero attached hydrogens (tertiary/aromatic N) is 3. The van der Waals surface area contributed by atoms with E-state index >= 15 is 0 Å². The van der Waals surface area contributed by atoms with Crippen molar-refractivity contribution < 1.29 is 27.8 Å². The number of halogens is 2. The maximum Gasteiger partial charge on any atom is 0.387 e. The summed E-state index contributed by atoms with van der Waals surface area (Å²) < 4.78 is 42.5. The SMILES string of the molecule is CC#CC(CC(=O)OCC)c1ccc(OCc2cc(-c3ccc(OC(F)F)cc3C)cn3ncnc23)cc1. The smallest absolute Gasteiger partial charge is 0.387 e. The molecule has 196 valence electrons. The van der Waals surface area contributed by atoms with E-state index in [-0.39, 0.29) is 30.7 Å². The predicted molar refractivity (Wildman–Crippen MR) is 138 cm³/mol. The van der Waals surface area contributed by atoms with Gasteiger partial charge in [-0.05, 0) is 67.8 Å². The third-order valence-corrected chi connectivity index (χ3v) is 5.86. The number of alkyl halides is 2. The fourth-order valence-electron chi connectivity index (χ4n) is 4.16. The first-order valence-electron chi connectivity index (χ1n) is 12.1. The van der Waals surface area contributed by atoms with Gasteiger partial charge < -0.3 is 14.2 Å². The van der Waals surface area contributed by atoms with E-state index in [9.17, 15) is 13.6 Å². The Labute approximate surface area is 219 Å². The van der Waals surface area contributed by atoms with Gasteiger partial charge in [0.05, 0.1) is 18.9 Å². The van der Waals surface area contributed by atoms with Crippen LogP contribution in [0.1, 0.15) is 42.9 Å². The first kappa shape index (κ1) is 26.6. The molecule has 2 aromatic heterocycles. The van der Waals surface area contributed by atoms with E-state index in [1.54, 1.807) is 30.5 Å². The number of benzene rings is 2. The molecule has 4 rings (SSSR count). The molecular weight excluding hydrogens is 492 g/mol. The van der Waals surface area contributed by atoms with Crippen LogP contribution in [0.15, 0.2) is 61.1 Å². The van der Waals surface area contributed by atoms with Gasteiger partial charge >= 0.3 is 12.6 Å². The van der Waals surface area contributed by atoms with Crippen molar-refractivity contribution in [3.63, 3.8) is 0 Å². The minimum absolute atomic E-state index is 0.101. The van der Waals surface area contributed by atoms with Gasteiger partial charge in [0.25, 0.3) is 0 Å². The van der Waals surface area contributed by atoms with Gasteiger partial charge in [0.2, 0.25) is 0 Å². The fraction of sp³-hybridized carbons (Fsp3) is 0.276. The van der Waals surface area contributed by atoms with Crippen LogP contribution >= 0.6 is 0 Å². The second-order valence-electron chi connectivity index (χ2n) is 8.45. The molecule has 0 saturated carbocycles. The number of fused-ring (bicyclic) bond motifs is 1. The largest absolute Gasteiger partial charge is 0.489 e. The summed E-state index contributed by atoms with van der Waals surface area (Å²) in [5.74, 6) is 6.14. The molecule has 1 atom stereocenters. The summed E-state index contributed by atoms with van der Waals surface area (Å²) in [5, 5.41) is 4.27. The van der Waals surface area contributed by atoms with Gasteiger partial charge in [0, 0.05) is 17.3 Å². The summed E-state index contributed by atoms with van der Waals surface area (Å²) in [7, 11) is 0. The first-order chi connectivity index (χ1) is 18.4. The number of aromatic nitrogens is 3. The predicted octanol–water partition coefficient (Wildman–Crippen LogP) is 5.95. The Hall–Kier alpha value is -4.45. The van der Waals surface area contributed by atoms with Crippen LogP contribution in [0.25, 0.3) is 16.8 Å². The number of carbonyl (C=O) groups is 1. The lowest BCUT2D eigenvalue weighted by Gasteiger charge is -2.14. The molecule has 9 heteroatoms. The number of ether oxygens (including phenoxy) is 3. The second kappa shape index (κ2) is 12.2. The average molecular weight is 520 g/mol. The molecule has 4 aromatic rings. The molecule has 7 nitrogen and oxygen atoms in total. The minimum atomic E-state index is -2.88. The molecule has 0 radical (unpaired) electrons. The topological polar surface area (TPSA) is 75.0 Å². The Bertz CT molecular complexity index is 1470. The van der Waals surface area contributed by atoms with Crippen LogP contribution in [-0.2, 0) is 16.1 Å². The van der Waals surface area contributed by atoms with Crippen molar-refractivity contribution in [3.05, 3.63) is 77.7 Å². The lowest BCUT2D eigenvalue weighted by atomic mass is 9.96. The van der Waals surface area contributed by atoms with Crippen LogP contribution in [0, 0.1) is 18.8 Å². The zero-order valence-electron chi connectivity index (χ0n) is 21.3. The van der Waals surface area contributed by atoms with Crippen molar-refractivity contribution >= 4 is 11.6 Å². The molecule has 0 aliphatic rings. The van der Waals surface area contributed by atoms with Crippen molar-refractivity contribution in [2.75, 3.05) is 6.61 Å². The summed E-state index contributed by atoms with van der Waals surface area (Å²) in [6, 6.07) is 14.2.